The first-order chi connectivity index (χ1) is 13.7. The van der Waals surface area contributed by atoms with Gasteiger partial charge < -0.3 is 14.4 Å². The van der Waals surface area contributed by atoms with Crippen LogP contribution in [0.5, 0.6) is 0 Å². The maximum atomic E-state index is 13.4. The van der Waals surface area contributed by atoms with E-state index in [4.69, 9.17) is 9.47 Å². The number of rotatable bonds is 2. The lowest BCUT2D eigenvalue weighted by molar-refractivity contribution is -0.225. The van der Waals surface area contributed by atoms with E-state index in [-0.39, 0.29) is 29.2 Å². The summed E-state index contributed by atoms with van der Waals surface area (Å²) in [5.41, 5.74) is 3.53. The van der Waals surface area contributed by atoms with E-state index in [2.05, 4.69) is 47.1 Å². The van der Waals surface area contributed by atoms with E-state index in [0.29, 0.717) is 31.5 Å². The maximum absolute atomic E-state index is 13.4. The highest BCUT2D eigenvalue weighted by Crippen LogP contribution is 2.70. The Bertz CT molecular complexity index is 928. The van der Waals surface area contributed by atoms with Gasteiger partial charge in [-0.3, -0.25) is 9.69 Å². The molecule has 7 rings (SSSR count). The Morgan fingerprint density at radius 1 is 1.32 bits per heavy atom. The van der Waals surface area contributed by atoms with E-state index in [1.807, 2.05) is 0 Å². The van der Waals surface area contributed by atoms with E-state index in [9.17, 15) is 4.79 Å². The van der Waals surface area contributed by atoms with Crippen molar-refractivity contribution in [2.45, 2.75) is 49.5 Å². The molecule has 3 saturated heterocycles. The van der Waals surface area contributed by atoms with Crippen LogP contribution < -0.4 is 4.90 Å². The van der Waals surface area contributed by atoms with Crippen molar-refractivity contribution < 1.29 is 14.3 Å². The van der Waals surface area contributed by atoms with Gasteiger partial charge in [0, 0.05) is 31.3 Å². The van der Waals surface area contributed by atoms with Gasteiger partial charge in [0.25, 0.3) is 0 Å². The Balaban J connectivity index is 1.57. The van der Waals surface area contributed by atoms with Crippen molar-refractivity contribution in [3.05, 3.63) is 41.5 Å². The fourth-order valence-electron chi connectivity index (χ4n) is 8.01. The number of anilines is 1. The molecule has 1 amide bonds. The van der Waals surface area contributed by atoms with Crippen LogP contribution in [0.2, 0.25) is 0 Å². The molecule has 1 aromatic carbocycles. The van der Waals surface area contributed by atoms with Gasteiger partial charge in [0.15, 0.2) is 0 Å². The Kier molecular flexibility index (Phi) is 2.92. The van der Waals surface area contributed by atoms with Crippen LogP contribution in [0.3, 0.4) is 0 Å². The number of carbonyl (C=O) groups is 1. The number of hydrogen-bond acceptors (Lipinski definition) is 4. The Labute approximate surface area is 165 Å². The smallest absolute Gasteiger partial charge is 0.229 e. The van der Waals surface area contributed by atoms with Crippen LogP contribution in [0.4, 0.5) is 5.69 Å². The molecular formula is C23H26N2O3. The lowest BCUT2D eigenvalue weighted by atomic mass is 9.51. The van der Waals surface area contributed by atoms with Crippen LogP contribution in [-0.4, -0.2) is 55.0 Å². The molecule has 0 aromatic heterocycles. The van der Waals surface area contributed by atoms with E-state index in [1.54, 1.807) is 0 Å². The largest absolute Gasteiger partial charge is 0.373 e. The molecule has 0 N–H and O–H groups in total. The van der Waals surface area contributed by atoms with Crippen LogP contribution >= 0.6 is 0 Å². The zero-order valence-corrected chi connectivity index (χ0v) is 16.3. The molecule has 6 aliphatic rings. The molecule has 1 spiro atoms. The number of para-hydroxylation sites is 1. The van der Waals surface area contributed by atoms with Crippen molar-refractivity contribution in [1.29, 1.82) is 0 Å². The quantitative estimate of drug-likeness (QED) is 0.742. The minimum atomic E-state index is -0.303. The number of carbonyl (C=O) groups excluding carboxylic acids is 1. The third-order valence-corrected chi connectivity index (χ3v) is 8.70. The molecule has 5 nitrogen and oxygen atoms in total. The van der Waals surface area contributed by atoms with Crippen LogP contribution in [-0.2, 0) is 19.7 Å². The molecule has 1 aliphatic carbocycles. The summed E-state index contributed by atoms with van der Waals surface area (Å²) in [6.07, 6.45) is 4.94. The Morgan fingerprint density at radius 2 is 2.21 bits per heavy atom. The minimum Gasteiger partial charge on any atom is -0.373 e. The van der Waals surface area contributed by atoms with Gasteiger partial charge >= 0.3 is 0 Å². The molecule has 5 heterocycles. The van der Waals surface area contributed by atoms with Gasteiger partial charge in [-0.05, 0) is 37.3 Å². The zero-order chi connectivity index (χ0) is 18.7. The molecule has 6 atom stereocenters. The van der Waals surface area contributed by atoms with Crippen LogP contribution in [0.25, 0.3) is 0 Å². The van der Waals surface area contributed by atoms with Crippen LogP contribution in [0, 0.1) is 11.8 Å². The highest BCUT2D eigenvalue weighted by molar-refractivity contribution is 5.99. The number of piperidine rings is 2. The van der Waals surface area contributed by atoms with Gasteiger partial charge in [0.1, 0.15) is 5.72 Å². The van der Waals surface area contributed by atoms with Gasteiger partial charge in [-0.1, -0.05) is 29.8 Å². The first kappa shape index (κ1) is 16.1. The molecular weight excluding hydrogens is 352 g/mol. The highest BCUT2D eigenvalue weighted by atomic mass is 16.5. The van der Waals surface area contributed by atoms with E-state index in [0.717, 1.165) is 31.6 Å². The van der Waals surface area contributed by atoms with Crippen molar-refractivity contribution in [3.8, 4) is 0 Å². The number of benzene rings is 1. The lowest BCUT2D eigenvalue weighted by Gasteiger charge is -2.63. The van der Waals surface area contributed by atoms with Gasteiger partial charge in [0.2, 0.25) is 5.91 Å². The summed E-state index contributed by atoms with van der Waals surface area (Å²) < 4.78 is 13.1. The molecule has 1 saturated carbocycles. The second-order valence-corrected chi connectivity index (χ2v) is 9.33. The number of fused-ring (bicyclic) bond motifs is 2. The first-order valence-corrected chi connectivity index (χ1v) is 10.8. The highest BCUT2D eigenvalue weighted by Gasteiger charge is 2.77. The maximum Gasteiger partial charge on any atom is 0.229 e. The van der Waals surface area contributed by atoms with Crippen molar-refractivity contribution in [3.63, 3.8) is 0 Å². The zero-order valence-electron chi connectivity index (χ0n) is 16.3. The molecule has 5 heteroatoms. The predicted octanol–water partition coefficient (Wildman–Crippen LogP) is 2.46. The fraction of sp³-hybridized carbons (Fsp3) is 0.609. The third kappa shape index (κ3) is 1.52. The summed E-state index contributed by atoms with van der Waals surface area (Å²) in [5, 5.41) is 0. The van der Waals surface area contributed by atoms with Crippen molar-refractivity contribution >= 4 is 11.6 Å². The second kappa shape index (κ2) is 5.07. The van der Waals surface area contributed by atoms with Crippen molar-refractivity contribution in [2.75, 3.05) is 31.2 Å². The van der Waals surface area contributed by atoms with Gasteiger partial charge in [-0.25, -0.2) is 0 Å². The van der Waals surface area contributed by atoms with Crippen molar-refractivity contribution in [1.82, 2.24) is 4.90 Å². The van der Waals surface area contributed by atoms with E-state index >= 15 is 0 Å². The minimum absolute atomic E-state index is 0.0328. The first-order valence-electron chi connectivity index (χ1n) is 10.8. The molecule has 4 fully saturated rings. The van der Waals surface area contributed by atoms with Gasteiger partial charge in [-0.15, -0.1) is 0 Å². The standard InChI is InChI=1S/C23H26N2O3/c1-2-28-23-12-15-14-7-10-27-18-11-19(26)25-17-6-4-3-5-16(17)22(23,21(25)20(15)18)8-9-24(23)13-14/h3-7,15,18,20-21H,2,8-13H2,1H3/t15-,18-,20-,21-,22-,23+/m0/s1. The van der Waals surface area contributed by atoms with E-state index in [1.165, 1.54) is 11.1 Å². The number of ether oxygens (including phenoxy) is 2. The molecule has 5 aliphatic heterocycles. The normalized spacial score (nSPS) is 45.0. The van der Waals surface area contributed by atoms with Crippen molar-refractivity contribution in [2.24, 2.45) is 11.8 Å². The summed E-state index contributed by atoms with van der Waals surface area (Å²) >= 11 is 0. The van der Waals surface area contributed by atoms with Gasteiger partial charge in [0.05, 0.1) is 30.6 Å². The molecule has 1 aromatic rings. The van der Waals surface area contributed by atoms with Crippen LogP contribution in [0.15, 0.2) is 35.9 Å². The monoisotopic (exact) mass is 378 g/mol. The topological polar surface area (TPSA) is 42.0 Å². The molecule has 28 heavy (non-hydrogen) atoms. The average molecular weight is 378 g/mol. The third-order valence-electron chi connectivity index (χ3n) is 8.70. The average Bonchev–Trinajstić information content (AvgIpc) is 3.13. The number of amides is 1. The summed E-state index contributed by atoms with van der Waals surface area (Å²) in [7, 11) is 0. The summed E-state index contributed by atoms with van der Waals surface area (Å²) in [6.45, 7) is 5.49. The van der Waals surface area contributed by atoms with E-state index < -0.39 is 0 Å². The molecule has 0 unspecified atom stereocenters. The number of nitrogens with zero attached hydrogens (tertiary/aromatic N) is 2. The predicted molar refractivity (Wildman–Crippen MR) is 104 cm³/mol. The number of hydrogen-bond donors (Lipinski definition) is 0. The molecule has 146 valence electrons. The van der Waals surface area contributed by atoms with Crippen LogP contribution in [0.1, 0.15) is 31.7 Å². The molecule has 0 radical (unpaired) electrons. The fourth-order valence-corrected chi connectivity index (χ4v) is 8.01. The Hall–Kier alpha value is -1.69. The summed E-state index contributed by atoms with van der Waals surface area (Å²) in [4.78, 5) is 18.2. The Morgan fingerprint density at radius 3 is 3.11 bits per heavy atom. The van der Waals surface area contributed by atoms with Gasteiger partial charge in [-0.2, -0.15) is 0 Å². The SMILES string of the molecule is CCO[C@]12C[C@H]3C4=CCO[C@H]5CC(=O)N6c7ccccc7[C@@]1(CCN2C4)[C@@H]6[C@H]53. The summed E-state index contributed by atoms with van der Waals surface area (Å²) in [5.74, 6) is 1.05. The molecule has 2 bridgehead atoms. The lowest BCUT2D eigenvalue weighted by Crippen LogP contribution is -2.75. The second-order valence-electron chi connectivity index (χ2n) is 9.33. The summed E-state index contributed by atoms with van der Waals surface area (Å²) in [6, 6.07) is 8.78.